The van der Waals surface area contributed by atoms with E-state index in [1.807, 2.05) is 7.05 Å². The Labute approximate surface area is 125 Å². The Balaban J connectivity index is 2.01. The molecule has 0 aliphatic carbocycles. The second kappa shape index (κ2) is 7.21. The maximum atomic E-state index is 12.4. The SMILES string of the molecule is CN1CCC(CN(C)C(=O)c2cncc(C#CCO)c2)C1. The van der Waals surface area contributed by atoms with E-state index in [4.69, 9.17) is 5.11 Å². The molecule has 1 N–H and O–H groups in total. The third kappa shape index (κ3) is 4.28. The predicted molar refractivity (Wildman–Crippen MR) is 80.8 cm³/mol. The van der Waals surface area contributed by atoms with Crippen LogP contribution in [0.5, 0.6) is 0 Å². The summed E-state index contributed by atoms with van der Waals surface area (Å²) >= 11 is 0. The summed E-state index contributed by atoms with van der Waals surface area (Å²) in [5.74, 6) is 5.83. The molecule has 112 valence electrons. The number of aliphatic hydroxyl groups is 1. The first-order valence-electron chi connectivity index (χ1n) is 7.09. The van der Waals surface area contributed by atoms with Gasteiger partial charge in [-0.1, -0.05) is 11.8 Å². The molecule has 0 aromatic carbocycles. The summed E-state index contributed by atoms with van der Waals surface area (Å²) in [4.78, 5) is 20.5. The van der Waals surface area contributed by atoms with Gasteiger partial charge in [-0.15, -0.1) is 0 Å². The van der Waals surface area contributed by atoms with Gasteiger partial charge < -0.3 is 14.9 Å². The number of hydrogen-bond acceptors (Lipinski definition) is 4. The number of pyridine rings is 1. The van der Waals surface area contributed by atoms with Crippen LogP contribution < -0.4 is 0 Å². The molecule has 5 nitrogen and oxygen atoms in total. The zero-order chi connectivity index (χ0) is 15.2. The molecular formula is C16H21N3O2. The second-order valence-corrected chi connectivity index (χ2v) is 5.52. The summed E-state index contributed by atoms with van der Waals surface area (Å²) in [7, 11) is 3.93. The number of amides is 1. The van der Waals surface area contributed by atoms with Crippen molar-refractivity contribution in [3.05, 3.63) is 29.6 Å². The number of carbonyl (C=O) groups excluding carboxylic acids is 1. The van der Waals surface area contributed by atoms with Crippen LogP contribution in [0.3, 0.4) is 0 Å². The Kier molecular flexibility index (Phi) is 5.32. The highest BCUT2D eigenvalue weighted by atomic mass is 16.2. The number of likely N-dealkylation sites (tertiary alicyclic amines) is 1. The van der Waals surface area contributed by atoms with Gasteiger partial charge in [0.1, 0.15) is 6.61 Å². The fourth-order valence-electron chi connectivity index (χ4n) is 2.63. The number of carbonyl (C=O) groups is 1. The second-order valence-electron chi connectivity index (χ2n) is 5.52. The number of rotatable bonds is 3. The maximum Gasteiger partial charge on any atom is 0.255 e. The normalized spacial score (nSPS) is 18.1. The van der Waals surface area contributed by atoms with E-state index < -0.39 is 0 Å². The summed E-state index contributed by atoms with van der Waals surface area (Å²) in [5.41, 5.74) is 1.18. The Bertz CT molecular complexity index is 562. The lowest BCUT2D eigenvalue weighted by molar-refractivity contribution is 0.0773. The molecule has 1 amide bonds. The first-order valence-corrected chi connectivity index (χ1v) is 7.09. The van der Waals surface area contributed by atoms with Crippen LogP contribution in [0.1, 0.15) is 22.3 Å². The molecule has 2 heterocycles. The molecule has 1 fully saturated rings. The molecule has 21 heavy (non-hydrogen) atoms. The quantitative estimate of drug-likeness (QED) is 0.820. The number of nitrogens with zero attached hydrogens (tertiary/aromatic N) is 3. The number of hydrogen-bond donors (Lipinski definition) is 1. The molecule has 0 spiro atoms. The van der Waals surface area contributed by atoms with Crippen molar-refractivity contribution < 1.29 is 9.90 Å². The number of aromatic nitrogens is 1. The third-order valence-electron chi connectivity index (χ3n) is 3.66. The van der Waals surface area contributed by atoms with Crippen LogP contribution in [-0.2, 0) is 0 Å². The Morgan fingerprint density at radius 3 is 3.05 bits per heavy atom. The van der Waals surface area contributed by atoms with Crippen molar-refractivity contribution in [1.29, 1.82) is 0 Å². The van der Waals surface area contributed by atoms with E-state index >= 15 is 0 Å². The summed E-state index contributed by atoms with van der Waals surface area (Å²) in [6.45, 7) is 2.70. The highest BCUT2D eigenvalue weighted by molar-refractivity contribution is 5.94. The van der Waals surface area contributed by atoms with Crippen molar-refractivity contribution in [3.8, 4) is 11.8 Å². The van der Waals surface area contributed by atoms with Gasteiger partial charge in [0.05, 0.1) is 5.56 Å². The molecule has 1 saturated heterocycles. The molecule has 0 radical (unpaired) electrons. The van der Waals surface area contributed by atoms with Gasteiger partial charge in [-0.05, 0) is 32.0 Å². The van der Waals surface area contributed by atoms with Crippen LogP contribution >= 0.6 is 0 Å². The molecule has 2 rings (SSSR count). The van der Waals surface area contributed by atoms with E-state index in [-0.39, 0.29) is 12.5 Å². The van der Waals surface area contributed by atoms with Crippen LogP contribution in [0.4, 0.5) is 0 Å². The van der Waals surface area contributed by atoms with Crippen molar-refractivity contribution in [3.63, 3.8) is 0 Å². The third-order valence-corrected chi connectivity index (χ3v) is 3.66. The van der Waals surface area contributed by atoms with Crippen LogP contribution in [0.2, 0.25) is 0 Å². The lowest BCUT2D eigenvalue weighted by Gasteiger charge is -2.21. The van der Waals surface area contributed by atoms with E-state index in [1.165, 1.54) is 0 Å². The molecule has 1 aliphatic rings. The van der Waals surface area contributed by atoms with E-state index in [2.05, 4.69) is 28.8 Å². The van der Waals surface area contributed by atoms with Gasteiger partial charge >= 0.3 is 0 Å². The van der Waals surface area contributed by atoms with E-state index in [0.29, 0.717) is 17.0 Å². The molecule has 1 aliphatic heterocycles. The van der Waals surface area contributed by atoms with Gasteiger partial charge in [0.15, 0.2) is 0 Å². The fourth-order valence-corrected chi connectivity index (χ4v) is 2.63. The summed E-state index contributed by atoms with van der Waals surface area (Å²) in [5, 5.41) is 8.70. The maximum absolute atomic E-state index is 12.4. The topological polar surface area (TPSA) is 56.7 Å². The van der Waals surface area contributed by atoms with E-state index in [1.54, 1.807) is 23.4 Å². The molecule has 1 aromatic rings. The first-order chi connectivity index (χ1) is 10.1. The highest BCUT2D eigenvalue weighted by Crippen LogP contribution is 2.16. The first kappa shape index (κ1) is 15.5. The number of aliphatic hydroxyl groups excluding tert-OH is 1. The minimum Gasteiger partial charge on any atom is -0.384 e. The molecule has 1 aromatic heterocycles. The van der Waals surface area contributed by atoms with Crippen molar-refractivity contribution in [1.82, 2.24) is 14.8 Å². The average Bonchev–Trinajstić information content (AvgIpc) is 2.89. The van der Waals surface area contributed by atoms with Gasteiger partial charge in [-0.2, -0.15) is 0 Å². The zero-order valence-electron chi connectivity index (χ0n) is 12.5. The lowest BCUT2D eigenvalue weighted by atomic mass is 10.1. The fraction of sp³-hybridized carbons (Fsp3) is 0.500. The Hall–Kier alpha value is -1.90. The van der Waals surface area contributed by atoms with Crippen molar-refractivity contribution in [2.75, 3.05) is 40.3 Å². The lowest BCUT2D eigenvalue weighted by Crippen LogP contribution is -2.32. The summed E-state index contributed by atoms with van der Waals surface area (Å²) in [6, 6.07) is 1.72. The van der Waals surface area contributed by atoms with Gasteiger partial charge in [0, 0.05) is 38.1 Å². The van der Waals surface area contributed by atoms with E-state index in [0.717, 1.165) is 26.1 Å². The zero-order valence-corrected chi connectivity index (χ0v) is 12.5. The van der Waals surface area contributed by atoms with Gasteiger partial charge in [0.25, 0.3) is 5.91 Å². The standard InChI is InChI=1S/C16H21N3O2/c1-18-6-5-14(11-18)12-19(2)16(21)15-8-13(4-3-7-20)9-17-10-15/h8-10,14,20H,5-7,11-12H2,1-2H3. The van der Waals surface area contributed by atoms with Crippen LogP contribution in [0, 0.1) is 17.8 Å². The smallest absolute Gasteiger partial charge is 0.255 e. The average molecular weight is 287 g/mol. The monoisotopic (exact) mass is 287 g/mol. The van der Waals surface area contributed by atoms with Crippen LogP contribution in [0.25, 0.3) is 0 Å². The minimum atomic E-state index is -0.201. The van der Waals surface area contributed by atoms with E-state index in [9.17, 15) is 4.79 Å². The molecular weight excluding hydrogens is 266 g/mol. The Morgan fingerprint density at radius 2 is 2.38 bits per heavy atom. The van der Waals surface area contributed by atoms with Crippen molar-refractivity contribution >= 4 is 5.91 Å². The predicted octanol–water partition coefficient (Wildman–Crippen LogP) is 0.449. The summed E-state index contributed by atoms with van der Waals surface area (Å²) < 4.78 is 0. The largest absolute Gasteiger partial charge is 0.384 e. The molecule has 1 atom stereocenters. The van der Waals surface area contributed by atoms with Crippen molar-refractivity contribution in [2.24, 2.45) is 5.92 Å². The van der Waals surface area contributed by atoms with Gasteiger partial charge in [0.2, 0.25) is 0 Å². The molecule has 0 saturated carbocycles. The molecule has 0 bridgehead atoms. The minimum absolute atomic E-state index is 0.0373. The molecule has 5 heteroatoms. The van der Waals surface area contributed by atoms with Crippen molar-refractivity contribution in [2.45, 2.75) is 6.42 Å². The van der Waals surface area contributed by atoms with Crippen LogP contribution in [0.15, 0.2) is 18.5 Å². The van der Waals surface area contributed by atoms with Crippen LogP contribution in [-0.4, -0.2) is 66.1 Å². The molecule has 1 unspecified atom stereocenters. The highest BCUT2D eigenvalue weighted by Gasteiger charge is 2.23. The van der Waals surface area contributed by atoms with Gasteiger partial charge in [-0.3, -0.25) is 9.78 Å². The van der Waals surface area contributed by atoms with Gasteiger partial charge in [-0.25, -0.2) is 0 Å². The Morgan fingerprint density at radius 1 is 1.57 bits per heavy atom. The summed E-state index contributed by atoms with van der Waals surface area (Å²) in [6.07, 6.45) is 4.28.